The zero-order valence-corrected chi connectivity index (χ0v) is 13.6. The summed E-state index contributed by atoms with van der Waals surface area (Å²) in [5.41, 5.74) is 0.753. The molecule has 0 spiro atoms. The van der Waals surface area contributed by atoms with Crippen molar-refractivity contribution in [3.05, 3.63) is 65.7 Å². The smallest absolute Gasteiger partial charge is 0.407 e. The van der Waals surface area contributed by atoms with Crippen molar-refractivity contribution in [2.24, 2.45) is 0 Å². The number of nitrogens with zero attached hydrogens (tertiary/aromatic N) is 1. The van der Waals surface area contributed by atoms with Crippen LogP contribution in [-0.2, 0) is 16.1 Å². The van der Waals surface area contributed by atoms with E-state index in [2.05, 4.69) is 5.32 Å². The summed E-state index contributed by atoms with van der Waals surface area (Å²) in [6.45, 7) is -0.0398. The molecule has 2 aromatic rings. The van der Waals surface area contributed by atoms with E-state index in [1.807, 2.05) is 0 Å². The van der Waals surface area contributed by atoms with Gasteiger partial charge < -0.3 is 20.1 Å². The zero-order valence-electron chi connectivity index (χ0n) is 13.6. The van der Waals surface area contributed by atoms with Gasteiger partial charge in [0.05, 0.1) is 0 Å². The first kappa shape index (κ1) is 17.8. The van der Waals surface area contributed by atoms with Gasteiger partial charge in [0.25, 0.3) is 11.7 Å². The number of hydrogen-bond donors (Lipinski definition) is 2. The van der Waals surface area contributed by atoms with Gasteiger partial charge in [-0.2, -0.15) is 0 Å². The lowest BCUT2D eigenvalue weighted by molar-refractivity contribution is -0.175. The van der Waals surface area contributed by atoms with Crippen LogP contribution in [0.5, 0.6) is 0 Å². The maximum absolute atomic E-state index is 13.1. The molecular formula is C18H16F2N2O4. The highest BCUT2D eigenvalue weighted by atomic mass is 19.1. The molecule has 1 saturated heterocycles. The van der Waals surface area contributed by atoms with E-state index in [-0.39, 0.29) is 25.1 Å². The van der Waals surface area contributed by atoms with Crippen LogP contribution < -0.4 is 10.2 Å². The standard InChI is InChI=1S/C18H16F2N2O4/c19-13-8-12(9-14(20)10-13)11-21-17(24)26-18(25)6-7-22(16(18)23)15-4-2-1-3-5-15/h1-5,8-10,25H,6-7,11H2,(H,21,24)/t18-/m0/s1. The third-order valence-corrected chi connectivity index (χ3v) is 3.94. The number of alkyl carbamates (subject to hydrolysis) is 1. The Morgan fingerprint density at radius 2 is 1.85 bits per heavy atom. The van der Waals surface area contributed by atoms with Crippen LogP contribution in [0.2, 0.25) is 0 Å². The number of amides is 2. The number of rotatable bonds is 4. The maximum Gasteiger partial charge on any atom is 0.410 e. The highest BCUT2D eigenvalue weighted by molar-refractivity contribution is 6.01. The second-order valence-electron chi connectivity index (χ2n) is 5.85. The number of ether oxygens (including phenoxy) is 1. The van der Waals surface area contributed by atoms with Crippen molar-refractivity contribution in [2.45, 2.75) is 18.8 Å². The maximum atomic E-state index is 13.1. The molecule has 3 rings (SSSR count). The SMILES string of the molecule is O=C(NCc1cc(F)cc(F)c1)O[C@@]1(O)CCN(c2ccccc2)C1=O. The number of carbonyl (C=O) groups excluding carboxylic acids is 2. The number of para-hydroxylation sites is 1. The van der Waals surface area contributed by atoms with Gasteiger partial charge >= 0.3 is 6.09 Å². The Labute approximate surface area is 148 Å². The molecule has 6 nitrogen and oxygen atoms in total. The van der Waals surface area contributed by atoms with Crippen LogP contribution in [0, 0.1) is 11.6 Å². The molecule has 0 saturated carbocycles. The number of benzene rings is 2. The molecule has 0 radical (unpaired) electrons. The predicted molar refractivity (Wildman–Crippen MR) is 88.0 cm³/mol. The van der Waals surface area contributed by atoms with Gasteiger partial charge in [-0.25, -0.2) is 13.6 Å². The van der Waals surface area contributed by atoms with Gasteiger partial charge in [-0.1, -0.05) is 18.2 Å². The predicted octanol–water partition coefficient (Wildman–Crippen LogP) is 2.32. The van der Waals surface area contributed by atoms with E-state index in [4.69, 9.17) is 4.74 Å². The second kappa shape index (κ2) is 7.09. The van der Waals surface area contributed by atoms with E-state index in [0.29, 0.717) is 11.8 Å². The van der Waals surface area contributed by atoms with Gasteiger partial charge in [0.15, 0.2) is 0 Å². The Morgan fingerprint density at radius 1 is 1.19 bits per heavy atom. The molecule has 0 unspecified atom stereocenters. The summed E-state index contributed by atoms with van der Waals surface area (Å²) in [6.07, 6.45) is -1.16. The van der Waals surface area contributed by atoms with Gasteiger partial charge in [-0.15, -0.1) is 0 Å². The molecule has 1 aliphatic rings. The van der Waals surface area contributed by atoms with Crippen molar-refractivity contribution >= 4 is 17.7 Å². The minimum absolute atomic E-state index is 0.0945. The first-order chi connectivity index (χ1) is 12.4. The van der Waals surface area contributed by atoms with Crippen molar-refractivity contribution < 1.29 is 28.2 Å². The first-order valence-corrected chi connectivity index (χ1v) is 7.88. The lowest BCUT2D eigenvalue weighted by atomic mass is 10.2. The summed E-state index contributed by atoms with van der Waals surface area (Å²) in [4.78, 5) is 25.6. The van der Waals surface area contributed by atoms with Crippen LogP contribution in [-0.4, -0.2) is 29.4 Å². The molecule has 1 fully saturated rings. The number of anilines is 1. The molecule has 1 heterocycles. The normalized spacial score (nSPS) is 19.5. The molecule has 0 bridgehead atoms. The zero-order chi connectivity index (χ0) is 18.7. The van der Waals surface area contributed by atoms with Gasteiger partial charge in [0.2, 0.25) is 0 Å². The molecule has 2 N–H and O–H groups in total. The molecule has 1 aliphatic heterocycles. The fraction of sp³-hybridized carbons (Fsp3) is 0.222. The topological polar surface area (TPSA) is 78.9 Å². The minimum atomic E-state index is -2.28. The molecule has 8 heteroatoms. The lowest BCUT2D eigenvalue weighted by Gasteiger charge is -2.22. The number of nitrogens with one attached hydrogen (secondary N) is 1. The van der Waals surface area contributed by atoms with Crippen molar-refractivity contribution in [3.8, 4) is 0 Å². The highest BCUT2D eigenvalue weighted by Gasteiger charge is 2.49. The van der Waals surface area contributed by atoms with Crippen LogP contribution in [0.15, 0.2) is 48.5 Å². The van der Waals surface area contributed by atoms with Crippen LogP contribution in [0.1, 0.15) is 12.0 Å². The Morgan fingerprint density at radius 3 is 2.50 bits per heavy atom. The van der Waals surface area contributed by atoms with Crippen LogP contribution in [0.25, 0.3) is 0 Å². The Balaban J connectivity index is 1.61. The third-order valence-electron chi connectivity index (χ3n) is 3.94. The molecule has 0 aromatic heterocycles. The highest BCUT2D eigenvalue weighted by Crippen LogP contribution is 2.29. The number of aliphatic hydroxyl groups is 1. The summed E-state index contributed by atoms with van der Waals surface area (Å²) >= 11 is 0. The van der Waals surface area contributed by atoms with Gasteiger partial charge in [0.1, 0.15) is 11.6 Å². The van der Waals surface area contributed by atoms with E-state index >= 15 is 0 Å². The second-order valence-corrected chi connectivity index (χ2v) is 5.85. The summed E-state index contributed by atoms with van der Waals surface area (Å²) < 4.78 is 31.1. The average molecular weight is 362 g/mol. The van der Waals surface area contributed by atoms with Gasteiger partial charge in [0, 0.05) is 31.3 Å². The van der Waals surface area contributed by atoms with E-state index in [1.165, 1.54) is 4.90 Å². The van der Waals surface area contributed by atoms with Crippen molar-refractivity contribution in [1.82, 2.24) is 5.32 Å². The van der Waals surface area contributed by atoms with E-state index in [9.17, 15) is 23.5 Å². The largest absolute Gasteiger partial charge is 0.410 e. The van der Waals surface area contributed by atoms with E-state index < -0.39 is 29.4 Å². The molecule has 2 amide bonds. The number of halogens is 2. The monoisotopic (exact) mass is 362 g/mol. The first-order valence-electron chi connectivity index (χ1n) is 7.88. The summed E-state index contributed by atoms with van der Waals surface area (Å²) in [5, 5.41) is 12.6. The lowest BCUT2D eigenvalue weighted by Crippen LogP contribution is -2.46. The number of hydrogen-bond acceptors (Lipinski definition) is 4. The fourth-order valence-electron chi connectivity index (χ4n) is 2.71. The van der Waals surface area contributed by atoms with Crippen molar-refractivity contribution in [1.29, 1.82) is 0 Å². The fourth-order valence-corrected chi connectivity index (χ4v) is 2.71. The average Bonchev–Trinajstić information content (AvgIpc) is 2.88. The minimum Gasteiger partial charge on any atom is -0.407 e. The molecule has 26 heavy (non-hydrogen) atoms. The Bertz CT molecular complexity index is 811. The van der Waals surface area contributed by atoms with Crippen molar-refractivity contribution in [2.75, 3.05) is 11.4 Å². The van der Waals surface area contributed by atoms with Crippen molar-refractivity contribution in [3.63, 3.8) is 0 Å². The molecule has 1 atom stereocenters. The summed E-state index contributed by atoms with van der Waals surface area (Å²) in [5.74, 6) is -4.60. The van der Waals surface area contributed by atoms with E-state index in [0.717, 1.165) is 12.1 Å². The number of carbonyl (C=O) groups is 2. The molecule has 136 valence electrons. The van der Waals surface area contributed by atoms with Crippen LogP contribution in [0.3, 0.4) is 0 Å². The third kappa shape index (κ3) is 3.80. The molecular weight excluding hydrogens is 346 g/mol. The van der Waals surface area contributed by atoms with Gasteiger partial charge in [-0.3, -0.25) is 4.79 Å². The van der Waals surface area contributed by atoms with Crippen LogP contribution >= 0.6 is 0 Å². The Kier molecular flexibility index (Phi) is 4.85. The summed E-state index contributed by atoms with van der Waals surface area (Å²) in [7, 11) is 0. The molecule has 0 aliphatic carbocycles. The summed E-state index contributed by atoms with van der Waals surface area (Å²) in [6, 6.07) is 11.5. The quantitative estimate of drug-likeness (QED) is 0.819. The molecule has 2 aromatic carbocycles. The van der Waals surface area contributed by atoms with Crippen LogP contribution in [0.4, 0.5) is 19.3 Å². The van der Waals surface area contributed by atoms with Gasteiger partial charge in [-0.05, 0) is 29.8 Å². The van der Waals surface area contributed by atoms with E-state index in [1.54, 1.807) is 30.3 Å². The Hall–Kier alpha value is -3.00.